The molecule has 0 aliphatic rings. The summed E-state index contributed by atoms with van der Waals surface area (Å²) in [6, 6.07) is 3.30. The highest BCUT2D eigenvalue weighted by atomic mass is 79.9. The number of anilines is 1. The van der Waals surface area contributed by atoms with E-state index in [1.807, 2.05) is 0 Å². The lowest BCUT2D eigenvalue weighted by molar-refractivity contribution is 0.0594. The molecule has 0 radical (unpaired) electrons. The molecule has 0 amide bonds. The first kappa shape index (κ1) is 20.9. The fraction of sp³-hybridized carbons (Fsp3) is 0.235. The van der Waals surface area contributed by atoms with Crippen LogP contribution in [0, 0.1) is 0 Å². The molecular formula is C17H21BrN2O5. The Kier molecular flexibility index (Phi) is 7.85. The number of carbonyl (C=O) groups is 1. The summed E-state index contributed by atoms with van der Waals surface area (Å²) in [4.78, 5) is 14.5. The van der Waals surface area contributed by atoms with Crippen LogP contribution < -0.4 is 5.73 Å². The average molecular weight is 413 g/mol. The molecule has 1 heterocycles. The number of halogens is 1. The Bertz CT molecular complexity index is 758. The Labute approximate surface area is 153 Å². The smallest absolute Gasteiger partial charge is 0.355 e. The number of esters is 1. The van der Waals surface area contributed by atoms with Crippen LogP contribution in [0.2, 0.25) is 0 Å². The van der Waals surface area contributed by atoms with Gasteiger partial charge < -0.3 is 30.8 Å². The molecule has 8 heteroatoms. The van der Waals surface area contributed by atoms with E-state index in [0.29, 0.717) is 32.3 Å². The van der Waals surface area contributed by atoms with Crippen LogP contribution in [0.1, 0.15) is 27.2 Å². The molecule has 0 spiro atoms. The number of rotatable bonds is 5. The summed E-state index contributed by atoms with van der Waals surface area (Å²) in [5.41, 5.74) is 8.52. The standard InChI is InChI=1S/C15H17BrN2O5.C2H4/c1-23-15(22)13-12(16)11(14(17)18-13)8-3-2-7(4-19)9(5-20)10(8)6-21;1-2/h2-3,18-21H,4-6,17H2,1H3;1-2H2. The van der Waals surface area contributed by atoms with Gasteiger partial charge in [0.05, 0.1) is 31.4 Å². The highest BCUT2D eigenvalue weighted by Gasteiger charge is 2.24. The molecule has 0 unspecified atom stereocenters. The van der Waals surface area contributed by atoms with E-state index in [4.69, 9.17) is 5.73 Å². The predicted molar refractivity (Wildman–Crippen MR) is 98.7 cm³/mol. The molecule has 0 aliphatic heterocycles. The number of methoxy groups -OCH3 is 1. The summed E-state index contributed by atoms with van der Waals surface area (Å²) in [6.45, 7) is 5.04. The van der Waals surface area contributed by atoms with E-state index < -0.39 is 5.97 Å². The molecule has 0 atom stereocenters. The molecule has 0 aliphatic carbocycles. The lowest BCUT2D eigenvalue weighted by Gasteiger charge is -2.15. The van der Waals surface area contributed by atoms with Gasteiger partial charge in [-0.15, -0.1) is 13.2 Å². The topological polar surface area (TPSA) is 129 Å². The maximum atomic E-state index is 11.7. The number of ether oxygens (including phenoxy) is 1. The number of aliphatic hydroxyl groups excluding tert-OH is 3. The maximum absolute atomic E-state index is 11.7. The molecular weight excluding hydrogens is 392 g/mol. The molecule has 1 aromatic carbocycles. The molecule has 7 nitrogen and oxygen atoms in total. The van der Waals surface area contributed by atoms with Gasteiger partial charge in [0.25, 0.3) is 0 Å². The Morgan fingerprint density at radius 3 is 2.28 bits per heavy atom. The highest BCUT2D eigenvalue weighted by molar-refractivity contribution is 9.10. The summed E-state index contributed by atoms with van der Waals surface area (Å²) >= 11 is 3.32. The number of hydrogen-bond acceptors (Lipinski definition) is 6. The van der Waals surface area contributed by atoms with Crippen LogP contribution in [-0.4, -0.2) is 33.4 Å². The van der Waals surface area contributed by atoms with Crippen LogP contribution in [0.5, 0.6) is 0 Å². The zero-order valence-corrected chi connectivity index (χ0v) is 15.4. The van der Waals surface area contributed by atoms with Gasteiger partial charge in [-0.25, -0.2) is 4.79 Å². The summed E-state index contributed by atoms with van der Waals surface area (Å²) < 4.78 is 5.08. The molecule has 6 N–H and O–H groups in total. The van der Waals surface area contributed by atoms with Gasteiger partial charge in [-0.2, -0.15) is 0 Å². The Hall–Kier alpha value is -2.13. The lowest BCUT2D eigenvalue weighted by Crippen LogP contribution is -2.04. The molecule has 0 saturated heterocycles. The fourth-order valence-electron chi connectivity index (χ4n) is 2.50. The van der Waals surface area contributed by atoms with E-state index >= 15 is 0 Å². The van der Waals surface area contributed by atoms with Crippen molar-refractivity contribution in [3.63, 3.8) is 0 Å². The molecule has 0 bridgehead atoms. The largest absolute Gasteiger partial charge is 0.464 e. The first-order valence-corrected chi connectivity index (χ1v) is 8.01. The minimum absolute atomic E-state index is 0.153. The predicted octanol–water partition coefficient (Wildman–Crippen LogP) is 2.09. The Balaban J connectivity index is 0.00000151. The molecule has 0 saturated carbocycles. The summed E-state index contributed by atoms with van der Waals surface area (Å²) in [5, 5.41) is 28.6. The van der Waals surface area contributed by atoms with Gasteiger partial charge in [-0.3, -0.25) is 0 Å². The average Bonchev–Trinajstić information content (AvgIpc) is 2.95. The van der Waals surface area contributed by atoms with E-state index in [1.165, 1.54) is 7.11 Å². The zero-order valence-electron chi connectivity index (χ0n) is 13.8. The van der Waals surface area contributed by atoms with E-state index in [2.05, 4.69) is 38.8 Å². The van der Waals surface area contributed by atoms with Crippen molar-refractivity contribution in [2.75, 3.05) is 12.8 Å². The monoisotopic (exact) mass is 412 g/mol. The number of nitrogens with two attached hydrogens (primary N) is 1. The first-order valence-electron chi connectivity index (χ1n) is 7.21. The number of benzene rings is 1. The van der Waals surface area contributed by atoms with Crippen LogP contribution in [0.15, 0.2) is 29.8 Å². The quantitative estimate of drug-likeness (QED) is 0.377. The SMILES string of the molecule is C=C.COC(=O)c1[nH]c(N)c(-c2ccc(CO)c(CO)c2CO)c1Br. The van der Waals surface area contributed by atoms with Gasteiger partial charge >= 0.3 is 5.97 Å². The Morgan fingerprint density at radius 2 is 1.80 bits per heavy atom. The van der Waals surface area contributed by atoms with Crippen molar-refractivity contribution in [2.45, 2.75) is 19.8 Å². The van der Waals surface area contributed by atoms with Crippen molar-refractivity contribution in [3.05, 3.63) is 52.1 Å². The number of aliphatic hydroxyl groups is 3. The van der Waals surface area contributed by atoms with Crippen LogP contribution >= 0.6 is 15.9 Å². The van der Waals surface area contributed by atoms with Gasteiger partial charge in [-0.1, -0.05) is 12.1 Å². The van der Waals surface area contributed by atoms with Crippen LogP contribution in [0.3, 0.4) is 0 Å². The zero-order chi connectivity index (χ0) is 19.1. The number of nitrogen functional groups attached to an aromatic ring is 1. The third-order valence-electron chi connectivity index (χ3n) is 3.64. The van der Waals surface area contributed by atoms with E-state index in [0.717, 1.165) is 0 Å². The van der Waals surface area contributed by atoms with Crippen molar-refractivity contribution in [1.29, 1.82) is 0 Å². The van der Waals surface area contributed by atoms with E-state index in [9.17, 15) is 20.1 Å². The van der Waals surface area contributed by atoms with Gasteiger partial charge in [0.1, 0.15) is 11.5 Å². The van der Waals surface area contributed by atoms with Crippen molar-refractivity contribution >= 4 is 27.7 Å². The number of H-pyrrole nitrogens is 1. The van der Waals surface area contributed by atoms with Crippen molar-refractivity contribution in [2.24, 2.45) is 0 Å². The Morgan fingerprint density at radius 1 is 1.20 bits per heavy atom. The second kappa shape index (κ2) is 9.38. The lowest BCUT2D eigenvalue weighted by atomic mass is 9.93. The fourth-order valence-corrected chi connectivity index (χ4v) is 3.19. The number of aromatic nitrogens is 1. The normalized spacial score (nSPS) is 10.1. The van der Waals surface area contributed by atoms with Crippen molar-refractivity contribution < 1.29 is 24.9 Å². The first-order chi connectivity index (χ1) is 12.0. The number of nitrogens with one attached hydrogen (secondary N) is 1. The van der Waals surface area contributed by atoms with Crippen LogP contribution in [-0.2, 0) is 24.6 Å². The second-order valence-electron chi connectivity index (χ2n) is 4.80. The third kappa shape index (κ3) is 3.93. The second-order valence-corrected chi connectivity index (χ2v) is 5.59. The van der Waals surface area contributed by atoms with Gasteiger partial charge in [-0.05, 0) is 38.2 Å². The van der Waals surface area contributed by atoms with Gasteiger partial charge in [0.2, 0.25) is 0 Å². The number of carbonyl (C=O) groups excluding carboxylic acids is 1. The molecule has 1 aromatic heterocycles. The van der Waals surface area contributed by atoms with Crippen molar-refractivity contribution in [1.82, 2.24) is 4.98 Å². The summed E-state index contributed by atoms with van der Waals surface area (Å²) in [5.74, 6) is -0.373. The van der Waals surface area contributed by atoms with E-state index in [-0.39, 0.29) is 31.3 Å². The minimum Gasteiger partial charge on any atom is -0.464 e. The minimum atomic E-state index is -0.588. The van der Waals surface area contributed by atoms with E-state index in [1.54, 1.807) is 12.1 Å². The van der Waals surface area contributed by atoms with Crippen LogP contribution in [0.25, 0.3) is 11.1 Å². The molecule has 2 rings (SSSR count). The maximum Gasteiger partial charge on any atom is 0.355 e. The molecule has 0 fully saturated rings. The highest BCUT2D eigenvalue weighted by Crippen LogP contribution is 2.40. The van der Waals surface area contributed by atoms with Crippen molar-refractivity contribution in [3.8, 4) is 11.1 Å². The molecule has 25 heavy (non-hydrogen) atoms. The third-order valence-corrected chi connectivity index (χ3v) is 4.43. The number of aromatic amines is 1. The van der Waals surface area contributed by atoms with Gasteiger partial charge in [0.15, 0.2) is 0 Å². The number of hydrogen-bond donors (Lipinski definition) is 5. The molecule has 2 aromatic rings. The van der Waals surface area contributed by atoms with Gasteiger partial charge in [0, 0.05) is 5.56 Å². The summed E-state index contributed by atoms with van der Waals surface area (Å²) in [6.07, 6.45) is 0. The molecule has 136 valence electrons. The summed E-state index contributed by atoms with van der Waals surface area (Å²) in [7, 11) is 1.25. The van der Waals surface area contributed by atoms with Crippen LogP contribution in [0.4, 0.5) is 5.82 Å².